The molecule has 0 bridgehead atoms. The second-order valence-corrected chi connectivity index (χ2v) is 4.03. The summed E-state index contributed by atoms with van der Waals surface area (Å²) in [6.45, 7) is 0.901. The van der Waals surface area contributed by atoms with Crippen LogP contribution >= 0.6 is 0 Å². The minimum Gasteiger partial charge on any atom is -0.360 e. The number of hydrogen-bond donors (Lipinski definition) is 1. The number of anilines is 1. The van der Waals surface area contributed by atoms with Gasteiger partial charge in [0.2, 0.25) is 0 Å². The lowest BCUT2D eigenvalue weighted by molar-refractivity contribution is -0.119. The van der Waals surface area contributed by atoms with E-state index in [4.69, 9.17) is 5.73 Å². The third-order valence-corrected chi connectivity index (χ3v) is 2.45. The summed E-state index contributed by atoms with van der Waals surface area (Å²) in [5.41, 5.74) is 5.86. The molecule has 18 heavy (non-hydrogen) atoms. The van der Waals surface area contributed by atoms with Crippen molar-refractivity contribution in [1.29, 1.82) is 0 Å². The highest BCUT2D eigenvalue weighted by molar-refractivity contribution is 5.49. The van der Waals surface area contributed by atoms with Gasteiger partial charge in [-0.3, -0.25) is 0 Å². The van der Waals surface area contributed by atoms with E-state index in [-0.39, 0.29) is 18.8 Å². The molecule has 2 nitrogen and oxygen atoms in total. The second-order valence-electron chi connectivity index (χ2n) is 4.03. The van der Waals surface area contributed by atoms with Gasteiger partial charge in [-0.05, 0) is 24.1 Å². The van der Waals surface area contributed by atoms with Crippen molar-refractivity contribution in [3.05, 3.63) is 29.6 Å². The molecule has 0 spiro atoms. The van der Waals surface area contributed by atoms with Crippen molar-refractivity contribution in [2.45, 2.75) is 26.1 Å². The molecule has 0 atom stereocenters. The minimum absolute atomic E-state index is 0.0358. The van der Waals surface area contributed by atoms with E-state index in [0.29, 0.717) is 12.0 Å². The zero-order valence-corrected chi connectivity index (χ0v) is 10.1. The smallest absolute Gasteiger partial charge is 0.360 e. The van der Waals surface area contributed by atoms with Gasteiger partial charge in [-0.2, -0.15) is 13.2 Å². The highest BCUT2D eigenvalue weighted by Crippen LogP contribution is 2.25. The van der Waals surface area contributed by atoms with Gasteiger partial charge < -0.3 is 10.6 Å². The van der Waals surface area contributed by atoms with Crippen molar-refractivity contribution in [2.24, 2.45) is 5.73 Å². The summed E-state index contributed by atoms with van der Waals surface area (Å²) in [6.07, 6.45) is -3.84. The van der Waals surface area contributed by atoms with E-state index in [0.717, 1.165) is 4.90 Å². The van der Waals surface area contributed by atoms with Crippen LogP contribution in [0.15, 0.2) is 18.2 Å². The van der Waals surface area contributed by atoms with Crippen LogP contribution in [0, 0.1) is 5.82 Å². The average molecular weight is 264 g/mol. The molecule has 0 radical (unpaired) electrons. The van der Waals surface area contributed by atoms with Crippen LogP contribution in [-0.2, 0) is 6.54 Å². The zero-order valence-electron chi connectivity index (χ0n) is 10.1. The van der Waals surface area contributed by atoms with Crippen molar-refractivity contribution in [1.82, 2.24) is 0 Å². The van der Waals surface area contributed by atoms with Crippen LogP contribution < -0.4 is 10.6 Å². The highest BCUT2D eigenvalue weighted by Gasteiger charge is 2.31. The summed E-state index contributed by atoms with van der Waals surface area (Å²) < 4.78 is 50.9. The van der Waals surface area contributed by atoms with Crippen LogP contribution in [0.1, 0.15) is 18.9 Å². The molecule has 1 aromatic carbocycles. The van der Waals surface area contributed by atoms with Crippen LogP contribution in [-0.4, -0.2) is 19.3 Å². The standard InChI is InChI=1S/C12H16F4N2/c1-2-5-18(8-12(14,15)16)11-4-3-9(7-17)6-10(11)13/h3-4,6H,2,5,7-8,17H2,1H3. The molecule has 102 valence electrons. The maximum atomic E-state index is 13.7. The lowest BCUT2D eigenvalue weighted by atomic mass is 10.1. The third-order valence-electron chi connectivity index (χ3n) is 2.45. The first-order valence-corrected chi connectivity index (χ1v) is 5.67. The Morgan fingerprint density at radius 3 is 2.39 bits per heavy atom. The molecule has 0 heterocycles. The van der Waals surface area contributed by atoms with E-state index in [1.807, 2.05) is 0 Å². The highest BCUT2D eigenvalue weighted by atomic mass is 19.4. The molecule has 0 saturated heterocycles. The Balaban J connectivity index is 2.98. The van der Waals surface area contributed by atoms with Crippen LogP contribution in [0.25, 0.3) is 0 Å². The van der Waals surface area contributed by atoms with Gasteiger partial charge in [-0.25, -0.2) is 4.39 Å². The molecular formula is C12H16F4N2. The van der Waals surface area contributed by atoms with Crippen LogP contribution in [0.3, 0.4) is 0 Å². The average Bonchev–Trinajstić information content (AvgIpc) is 2.26. The van der Waals surface area contributed by atoms with E-state index in [2.05, 4.69) is 0 Å². The summed E-state index contributed by atoms with van der Waals surface area (Å²) in [5.74, 6) is -0.671. The van der Waals surface area contributed by atoms with Gasteiger partial charge >= 0.3 is 6.18 Å². The Morgan fingerprint density at radius 2 is 1.94 bits per heavy atom. The Bertz CT molecular complexity index is 390. The molecule has 6 heteroatoms. The number of benzene rings is 1. The maximum absolute atomic E-state index is 13.7. The first kappa shape index (κ1) is 14.8. The van der Waals surface area contributed by atoms with Crippen LogP contribution in [0.5, 0.6) is 0 Å². The SMILES string of the molecule is CCCN(CC(F)(F)F)c1ccc(CN)cc1F. The van der Waals surface area contributed by atoms with Crippen molar-refractivity contribution < 1.29 is 17.6 Å². The molecule has 0 unspecified atom stereocenters. The fraction of sp³-hybridized carbons (Fsp3) is 0.500. The Morgan fingerprint density at radius 1 is 1.28 bits per heavy atom. The van der Waals surface area contributed by atoms with E-state index < -0.39 is 18.5 Å². The topological polar surface area (TPSA) is 29.3 Å². The van der Waals surface area contributed by atoms with Crippen molar-refractivity contribution in [2.75, 3.05) is 18.0 Å². The molecule has 1 rings (SSSR count). The second kappa shape index (κ2) is 6.04. The van der Waals surface area contributed by atoms with Crippen LogP contribution in [0.2, 0.25) is 0 Å². The van der Waals surface area contributed by atoms with E-state index in [9.17, 15) is 17.6 Å². The Labute approximate surface area is 103 Å². The van der Waals surface area contributed by atoms with E-state index in [1.165, 1.54) is 18.2 Å². The number of alkyl halides is 3. The number of rotatable bonds is 5. The molecule has 2 N–H and O–H groups in total. The third kappa shape index (κ3) is 4.18. The number of nitrogens with two attached hydrogens (primary N) is 1. The predicted molar refractivity (Wildman–Crippen MR) is 62.9 cm³/mol. The van der Waals surface area contributed by atoms with Gasteiger partial charge in [0.1, 0.15) is 12.4 Å². The fourth-order valence-electron chi connectivity index (χ4n) is 1.70. The molecule has 0 aliphatic carbocycles. The van der Waals surface area contributed by atoms with Gasteiger partial charge in [-0.1, -0.05) is 13.0 Å². The Kier molecular flexibility index (Phi) is 4.95. The fourth-order valence-corrected chi connectivity index (χ4v) is 1.70. The first-order chi connectivity index (χ1) is 8.37. The largest absolute Gasteiger partial charge is 0.405 e. The molecule has 0 aliphatic heterocycles. The van der Waals surface area contributed by atoms with E-state index >= 15 is 0 Å². The molecule has 0 aromatic heterocycles. The lowest BCUT2D eigenvalue weighted by Crippen LogP contribution is -2.35. The summed E-state index contributed by atoms with van der Waals surface area (Å²) >= 11 is 0. The van der Waals surface area contributed by atoms with Gasteiger partial charge in [0, 0.05) is 13.1 Å². The van der Waals surface area contributed by atoms with Gasteiger partial charge in [-0.15, -0.1) is 0 Å². The normalized spacial score (nSPS) is 11.7. The summed E-state index contributed by atoms with van der Waals surface area (Å²) in [5, 5.41) is 0. The number of nitrogens with zero attached hydrogens (tertiary/aromatic N) is 1. The zero-order chi connectivity index (χ0) is 13.8. The van der Waals surface area contributed by atoms with Crippen molar-refractivity contribution in [3.8, 4) is 0 Å². The summed E-state index contributed by atoms with van der Waals surface area (Å²) in [7, 11) is 0. The van der Waals surface area contributed by atoms with Gasteiger partial charge in [0.15, 0.2) is 0 Å². The summed E-state index contributed by atoms with van der Waals surface area (Å²) in [4.78, 5) is 0.996. The van der Waals surface area contributed by atoms with Crippen molar-refractivity contribution >= 4 is 5.69 Å². The van der Waals surface area contributed by atoms with Crippen LogP contribution in [0.4, 0.5) is 23.2 Å². The Hall–Kier alpha value is -1.30. The quantitative estimate of drug-likeness (QED) is 0.828. The first-order valence-electron chi connectivity index (χ1n) is 5.67. The van der Waals surface area contributed by atoms with Crippen molar-refractivity contribution in [3.63, 3.8) is 0 Å². The number of halogens is 4. The van der Waals surface area contributed by atoms with E-state index in [1.54, 1.807) is 6.92 Å². The maximum Gasteiger partial charge on any atom is 0.405 e. The summed E-state index contributed by atoms with van der Waals surface area (Å²) in [6, 6.07) is 4.06. The molecule has 0 amide bonds. The molecule has 0 fully saturated rings. The minimum atomic E-state index is -4.35. The molecule has 0 aliphatic rings. The lowest BCUT2D eigenvalue weighted by Gasteiger charge is -2.26. The molecule has 0 saturated carbocycles. The predicted octanol–water partition coefficient (Wildman–Crippen LogP) is 3.06. The van der Waals surface area contributed by atoms with Gasteiger partial charge in [0.25, 0.3) is 0 Å². The molecular weight excluding hydrogens is 248 g/mol. The number of hydrogen-bond acceptors (Lipinski definition) is 2. The molecule has 1 aromatic rings. The van der Waals surface area contributed by atoms with Gasteiger partial charge in [0.05, 0.1) is 5.69 Å². The monoisotopic (exact) mass is 264 g/mol.